The molecule has 21 heavy (non-hydrogen) atoms. The lowest BCUT2D eigenvalue weighted by Crippen LogP contribution is -2.23. The number of amides is 1. The van der Waals surface area contributed by atoms with E-state index in [1.165, 1.54) is 12.1 Å². The van der Waals surface area contributed by atoms with E-state index in [2.05, 4.69) is 21.2 Å². The van der Waals surface area contributed by atoms with Crippen molar-refractivity contribution in [2.45, 2.75) is 6.54 Å². The highest BCUT2D eigenvalue weighted by atomic mass is 79.9. The number of para-hydroxylation sites is 1. The van der Waals surface area contributed by atoms with E-state index in [1.54, 1.807) is 7.11 Å². The molecule has 0 saturated carbocycles. The number of hydrogen-bond acceptors (Lipinski definition) is 3. The quantitative estimate of drug-likeness (QED) is 0.862. The number of phenolic OH excluding ortho intramolecular Hbond substituents is 1. The zero-order valence-corrected chi connectivity index (χ0v) is 13.5. The molecular formula is C15H13BrClNO3. The molecule has 110 valence electrons. The highest BCUT2D eigenvalue weighted by molar-refractivity contribution is 9.10. The number of hydrogen-bond donors (Lipinski definition) is 2. The number of benzene rings is 2. The summed E-state index contributed by atoms with van der Waals surface area (Å²) in [4.78, 5) is 12.1. The van der Waals surface area contributed by atoms with Gasteiger partial charge in [-0.3, -0.25) is 4.79 Å². The van der Waals surface area contributed by atoms with Crippen LogP contribution in [-0.2, 0) is 6.54 Å². The summed E-state index contributed by atoms with van der Waals surface area (Å²) in [6.07, 6.45) is 0. The van der Waals surface area contributed by atoms with Crippen LogP contribution in [0.15, 0.2) is 40.9 Å². The molecule has 0 unspecified atom stereocenters. The first kappa shape index (κ1) is 15.7. The Hall–Kier alpha value is -1.72. The predicted octanol–water partition coefficient (Wildman–Crippen LogP) is 3.75. The Morgan fingerprint density at radius 3 is 2.81 bits per heavy atom. The molecule has 2 aromatic carbocycles. The summed E-state index contributed by atoms with van der Waals surface area (Å²) in [5.41, 5.74) is 1.00. The van der Waals surface area contributed by atoms with Gasteiger partial charge in [-0.05, 0) is 28.1 Å². The number of rotatable bonds is 4. The van der Waals surface area contributed by atoms with Crippen LogP contribution >= 0.6 is 27.5 Å². The lowest BCUT2D eigenvalue weighted by Gasteiger charge is -2.11. The fourth-order valence-corrected chi connectivity index (χ4v) is 2.34. The smallest absolute Gasteiger partial charge is 0.255 e. The molecule has 0 fully saturated rings. The number of halogens is 2. The summed E-state index contributed by atoms with van der Waals surface area (Å²) in [5, 5.41) is 12.9. The molecule has 2 N–H and O–H groups in total. The summed E-state index contributed by atoms with van der Waals surface area (Å²) in [7, 11) is 1.57. The standard InChI is InChI=1S/C15H13BrClNO3/c1-21-14-5-3-2-4-9(14)8-18-15(20)10-6-11(16)12(17)7-13(10)19/h2-7,19H,8H2,1H3,(H,18,20). The van der Waals surface area contributed by atoms with E-state index in [4.69, 9.17) is 16.3 Å². The minimum absolute atomic E-state index is 0.154. The topological polar surface area (TPSA) is 58.6 Å². The van der Waals surface area contributed by atoms with Gasteiger partial charge in [-0.25, -0.2) is 0 Å². The van der Waals surface area contributed by atoms with Crippen LogP contribution < -0.4 is 10.1 Å². The van der Waals surface area contributed by atoms with Gasteiger partial charge in [0.25, 0.3) is 5.91 Å². The van der Waals surface area contributed by atoms with Gasteiger partial charge in [0.15, 0.2) is 0 Å². The highest BCUT2D eigenvalue weighted by Gasteiger charge is 2.14. The molecule has 0 aliphatic heterocycles. The molecule has 0 spiro atoms. The Morgan fingerprint density at radius 2 is 2.10 bits per heavy atom. The number of aromatic hydroxyl groups is 1. The van der Waals surface area contributed by atoms with Crippen LogP contribution in [0.3, 0.4) is 0 Å². The van der Waals surface area contributed by atoms with Crippen molar-refractivity contribution >= 4 is 33.4 Å². The van der Waals surface area contributed by atoms with E-state index in [0.717, 1.165) is 5.56 Å². The van der Waals surface area contributed by atoms with E-state index in [0.29, 0.717) is 21.8 Å². The zero-order chi connectivity index (χ0) is 15.4. The zero-order valence-electron chi connectivity index (χ0n) is 11.2. The first-order valence-electron chi connectivity index (χ1n) is 6.11. The van der Waals surface area contributed by atoms with Crippen molar-refractivity contribution < 1.29 is 14.6 Å². The third-order valence-electron chi connectivity index (χ3n) is 2.92. The predicted molar refractivity (Wildman–Crippen MR) is 85.0 cm³/mol. The second-order valence-electron chi connectivity index (χ2n) is 4.28. The number of carbonyl (C=O) groups excluding carboxylic acids is 1. The second-order valence-corrected chi connectivity index (χ2v) is 5.54. The second kappa shape index (κ2) is 6.83. The van der Waals surface area contributed by atoms with Crippen LogP contribution in [0.5, 0.6) is 11.5 Å². The Morgan fingerprint density at radius 1 is 1.38 bits per heavy atom. The van der Waals surface area contributed by atoms with Crippen molar-refractivity contribution in [1.82, 2.24) is 5.32 Å². The van der Waals surface area contributed by atoms with E-state index >= 15 is 0 Å². The number of nitrogens with one attached hydrogen (secondary N) is 1. The van der Waals surface area contributed by atoms with Crippen LogP contribution in [0, 0.1) is 0 Å². The van der Waals surface area contributed by atoms with Gasteiger partial charge in [-0.15, -0.1) is 0 Å². The first-order valence-corrected chi connectivity index (χ1v) is 7.28. The van der Waals surface area contributed by atoms with Gasteiger partial charge in [-0.1, -0.05) is 29.8 Å². The Labute approximate surface area is 135 Å². The molecule has 0 aliphatic rings. The average Bonchev–Trinajstić information content (AvgIpc) is 2.48. The number of carbonyl (C=O) groups is 1. The molecule has 0 bridgehead atoms. The van der Waals surface area contributed by atoms with Crippen LogP contribution in [0.4, 0.5) is 0 Å². The maximum absolute atomic E-state index is 12.1. The summed E-state index contributed by atoms with van der Waals surface area (Å²) < 4.78 is 5.76. The molecule has 0 radical (unpaired) electrons. The average molecular weight is 371 g/mol. The maximum Gasteiger partial charge on any atom is 0.255 e. The highest BCUT2D eigenvalue weighted by Crippen LogP contribution is 2.30. The normalized spacial score (nSPS) is 10.2. The molecule has 2 rings (SSSR count). The number of methoxy groups -OCH3 is 1. The van der Waals surface area contributed by atoms with Crippen molar-refractivity contribution in [1.29, 1.82) is 0 Å². The van der Waals surface area contributed by atoms with E-state index in [-0.39, 0.29) is 11.3 Å². The summed E-state index contributed by atoms with van der Waals surface area (Å²) in [6, 6.07) is 10.2. The fourth-order valence-electron chi connectivity index (χ4n) is 1.84. The fraction of sp³-hybridized carbons (Fsp3) is 0.133. The molecule has 0 aromatic heterocycles. The van der Waals surface area contributed by atoms with Crippen molar-refractivity contribution in [3.63, 3.8) is 0 Å². The van der Waals surface area contributed by atoms with Crippen LogP contribution in [0.1, 0.15) is 15.9 Å². The van der Waals surface area contributed by atoms with Crippen LogP contribution in [-0.4, -0.2) is 18.1 Å². The van der Waals surface area contributed by atoms with E-state index in [9.17, 15) is 9.90 Å². The van der Waals surface area contributed by atoms with Crippen molar-refractivity contribution in [3.05, 3.63) is 57.0 Å². The maximum atomic E-state index is 12.1. The van der Waals surface area contributed by atoms with Crippen LogP contribution in [0.2, 0.25) is 5.02 Å². The Kier molecular flexibility index (Phi) is 5.09. The Balaban J connectivity index is 2.14. The lowest BCUT2D eigenvalue weighted by molar-refractivity contribution is 0.0948. The molecule has 0 aliphatic carbocycles. The van der Waals surface area contributed by atoms with E-state index in [1.807, 2.05) is 24.3 Å². The Bertz CT molecular complexity index is 676. The summed E-state index contributed by atoms with van der Waals surface area (Å²) >= 11 is 9.07. The van der Waals surface area contributed by atoms with Crippen molar-refractivity contribution in [2.24, 2.45) is 0 Å². The van der Waals surface area contributed by atoms with Gasteiger partial charge in [0, 0.05) is 22.6 Å². The van der Waals surface area contributed by atoms with Crippen molar-refractivity contribution in [3.8, 4) is 11.5 Å². The largest absolute Gasteiger partial charge is 0.507 e. The van der Waals surface area contributed by atoms with Gasteiger partial charge in [0.05, 0.1) is 17.7 Å². The SMILES string of the molecule is COc1ccccc1CNC(=O)c1cc(Br)c(Cl)cc1O. The van der Waals surface area contributed by atoms with Crippen LogP contribution in [0.25, 0.3) is 0 Å². The lowest BCUT2D eigenvalue weighted by atomic mass is 10.1. The molecule has 1 amide bonds. The molecule has 4 nitrogen and oxygen atoms in total. The minimum atomic E-state index is -0.393. The number of ether oxygens (including phenoxy) is 1. The number of phenols is 1. The molecule has 0 saturated heterocycles. The first-order chi connectivity index (χ1) is 10.0. The van der Waals surface area contributed by atoms with Gasteiger partial charge in [-0.2, -0.15) is 0 Å². The summed E-state index contributed by atoms with van der Waals surface area (Å²) in [6.45, 7) is 0.294. The minimum Gasteiger partial charge on any atom is -0.507 e. The summed E-state index contributed by atoms with van der Waals surface area (Å²) in [5.74, 6) is 0.135. The molecular weight excluding hydrogens is 358 g/mol. The third kappa shape index (κ3) is 3.68. The van der Waals surface area contributed by atoms with Crippen molar-refractivity contribution in [2.75, 3.05) is 7.11 Å². The van der Waals surface area contributed by atoms with Gasteiger partial charge in [0.2, 0.25) is 0 Å². The monoisotopic (exact) mass is 369 g/mol. The van der Waals surface area contributed by atoms with Gasteiger partial charge >= 0.3 is 0 Å². The third-order valence-corrected chi connectivity index (χ3v) is 4.11. The van der Waals surface area contributed by atoms with E-state index < -0.39 is 5.91 Å². The van der Waals surface area contributed by atoms with Gasteiger partial charge in [0.1, 0.15) is 11.5 Å². The molecule has 0 atom stereocenters. The van der Waals surface area contributed by atoms with Gasteiger partial charge < -0.3 is 15.2 Å². The molecule has 2 aromatic rings. The molecule has 6 heteroatoms. The molecule has 0 heterocycles.